The Bertz CT molecular complexity index is 597. The summed E-state index contributed by atoms with van der Waals surface area (Å²) in [5.41, 5.74) is 3.80. The van der Waals surface area contributed by atoms with Gasteiger partial charge < -0.3 is 10.2 Å². The topological polar surface area (TPSA) is 15.3 Å². The van der Waals surface area contributed by atoms with Crippen LogP contribution in [0.1, 0.15) is 11.1 Å². The van der Waals surface area contributed by atoms with E-state index in [1.807, 2.05) is 6.07 Å². The number of piperazine rings is 1. The average Bonchev–Trinajstić information content (AvgIpc) is 2.51. The zero-order valence-corrected chi connectivity index (χ0v) is 13.1. The van der Waals surface area contributed by atoms with Gasteiger partial charge in [0.1, 0.15) is 0 Å². The molecule has 2 aromatic rings. The zero-order chi connectivity index (χ0) is 14.7. The monoisotopic (exact) mass is 300 g/mol. The van der Waals surface area contributed by atoms with E-state index < -0.39 is 0 Å². The first kappa shape index (κ1) is 14.4. The smallest absolute Gasteiger partial charge is 0.0639 e. The number of nitrogens with one attached hydrogen (secondary N) is 1. The molecule has 3 rings (SSSR count). The van der Waals surface area contributed by atoms with Crippen molar-refractivity contribution >= 4 is 17.3 Å². The summed E-state index contributed by atoms with van der Waals surface area (Å²) in [5.74, 6) is 0. The summed E-state index contributed by atoms with van der Waals surface area (Å²) in [7, 11) is 0. The number of hydrogen-bond acceptors (Lipinski definition) is 2. The molecule has 0 aromatic heterocycles. The summed E-state index contributed by atoms with van der Waals surface area (Å²) < 4.78 is 0. The van der Waals surface area contributed by atoms with Gasteiger partial charge in [0, 0.05) is 25.7 Å². The molecule has 1 heterocycles. The second kappa shape index (κ2) is 6.50. The van der Waals surface area contributed by atoms with Crippen LogP contribution >= 0.6 is 11.6 Å². The van der Waals surface area contributed by atoms with Crippen molar-refractivity contribution in [3.8, 4) is 0 Å². The lowest BCUT2D eigenvalue weighted by Gasteiger charge is -2.36. The van der Waals surface area contributed by atoms with Gasteiger partial charge in [0.15, 0.2) is 0 Å². The minimum Gasteiger partial charge on any atom is -0.367 e. The predicted octanol–water partition coefficient (Wildman–Crippen LogP) is 3.67. The Kier molecular flexibility index (Phi) is 4.47. The van der Waals surface area contributed by atoms with Gasteiger partial charge >= 0.3 is 0 Å². The van der Waals surface area contributed by atoms with Crippen molar-refractivity contribution in [2.24, 2.45) is 0 Å². The van der Waals surface area contributed by atoms with Crippen LogP contribution < -0.4 is 10.2 Å². The van der Waals surface area contributed by atoms with Gasteiger partial charge in [-0.05, 0) is 36.6 Å². The number of nitrogens with zero attached hydrogens (tertiary/aromatic N) is 1. The highest BCUT2D eigenvalue weighted by molar-refractivity contribution is 6.33. The maximum absolute atomic E-state index is 6.38. The van der Waals surface area contributed by atoms with Crippen LogP contribution in [-0.4, -0.2) is 25.7 Å². The number of aryl methyl sites for hydroxylation is 1. The molecule has 0 radical (unpaired) electrons. The minimum absolute atomic E-state index is 0.470. The minimum atomic E-state index is 0.470. The molecular formula is C18H21ClN2. The second-order valence-corrected chi connectivity index (χ2v) is 6.15. The normalized spacial score (nSPS) is 18.8. The first-order chi connectivity index (χ1) is 10.2. The highest BCUT2D eigenvalue weighted by Gasteiger charge is 2.21. The quantitative estimate of drug-likeness (QED) is 0.930. The van der Waals surface area contributed by atoms with Crippen molar-refractivity contribution < 1.29 is 0 Å². The van der Waals surface area contributed by atoms with Crippen LogP contribution in [0, 0.1) is 6.92 Å². The van der Waals surface area contributed by atoms with Crippen molar-refractivity contribution in [2.75, 3.05) is 24.5 Å². The van der Waals surface area contributed by atoms with E-state index in [9.17, 15) is 0 Å². The van der Waals surface area contributed by atoms with E-state index in [1.165, 1.54) is 11.1 Å². The van der Waals surface area contributed by atoms with E-state index in [0.717, 1.165) is 36.8 Å². The van der Waals surface area contributed by atoms with Crippen LogP contribution in [0.25, 0.3) is 0 Å². The lowest BCUT2D eigenvalue weighted by atomic mass is 10.0. The summed E-state index contributed by atoms with van der Waals surface area (Å²) in [6, 6.07) is 17.4. The van der Waals surface area contributed by atoms with Gasteiger partial charge in [-0.25, -0.2) is 0 Å². The predicted molar refractivity (Wildman–Crippen MR) is 90.3 cm³/mol. The van der Waals surface area contributed by atoms with E-state index in [4.69, 9.17) is 11.6 Å². The summed E-state index contributed by atoms with van der Waals surface area (Å²) >= 11 is 6.38. The molecule has 1 aliphatic heterocycles. The standard InChI is InChI=1S/C18H21ClN2/c1-14-7-8-17(19)18(11-14)21-10-9-20-16(13-21)12-15-5-3-2-4-6-15/h2-8,11,16,20H,9-10,12-13H2,1H3. The number of halogens is 1. The van der Waals surface area contributed by atoms with Gasteiger partial charge in [-0.15, -0.1) is 0 Å². The molecule has 1 N–H and O–H groups in total. The lowest BCUT2D eigenvalue weighted by Crippen LogP contribution is -2.51. The molecule has 21 heavy (non-hydrogen) atoms. The van der Waals surface area contributed by atoms with E-state index >= 15 is 0 Å². The molecule has 1 aliphatic rings. The van der Waals surface area contributed by atoms with Crippen LogP contribution in [0.15, 0.2) is 48.5 Å². The van der Waals surface area contributed by atoms with Crippen LogP contribution in [0.2, 0.25) is 5.02 Å². The maximum Gasteiger partial charge on any atom is 0.0639 e. The molecular weight excluding hydrogens is 280 g/mol. The number of anilines is 1. The van der Waals surface area contributed by atoms with Crippen molar-refractivity contribution in [3.05, 3.63) is 64.7 Å². The fraction of sp³-hybridized carbons (Fsp3) is 0.333. The molecule has 110 valence electrons. The lowest BCUT2D eigenvalue weighted by molar-refractivity contribution is 0.455. The summed E-state index contributed by atoms with van der Waals surface area (Å²) in [6.45, 7) is 5.12. The van der Waals surface area contributed by atoms with E-state index in [0.29, 0.717) is 6.04 Å². The van der Waals surface area contributed by atoms with E-state index in [-0.39, 0.29) is 0 Å². The molecule has 1 fully saturated rings. The molecule has 0 spiro atoms. The zero-order valence-electron chi connectivity index (χ0n) is 12.3. The average molecular weight is 301 g/mol. The molecule has 0 saturated carbocycles. The molecule has 0 amide bonds. The summed E-state index contributed by atoms with van der Waals surface area (Å²) in [5, 5.41) is 4.46. The van der Waals surface area contributed by atoms with Gasteiger partial charge in [0.25, 0.3) is 0 Å². The molecule has 1 atom stereocenters. The van der Waals surface area contributed by atoms with Crippen LogP contribution in [-0.2, 0) is 6.42 Å². The van der Waals surface area contributed by atoms with Gasteiger partial charge in [-0.2, -0.15) is 0 Å². The first-order valence-electron chi connectivity index (χ1n) is 7.51. The Morgan fingerprint density at radius 2 is 2.00 bits per heavy atom. The fourth-order valence-corrected chi connectivity index (χ4v) is 3.18. The van der Waals surface area contributed by atoms with E-state index in [1.54, 1.807) is 0 Å². The fourth-order valence-electron chi connectivity index (χ4n) is 2.94. The SMILES string of the molecule is Cc1ccc(Cl)c(N2CCNC(Cc3ccccc3)C2)c1. The van der Waals surface area contributed by atoms with E-state index in [2.05, 4.69) is 59.6 Å². The maximum atomic E-state index is 6.38. The highest BCUT2D eigenvalue weighted by Crippen LogP contribution is 2.28. The third kappa shape index (κ3) is 3.58. The summed E-state index contributed by atoms with van der Waals surface area (Å²) in [6.07, 6.45) is 1.06. The Labute approximate surface area is 131 Å². The molecule has 0 aliphatic carbocycles. The van der Waals surface area contributed by atoms with Gasteiger partial charge in [-0.1, -0.05) is 48.0 Å². The molecule has 1 unspecified atom stereocenters. The van der Waals surface area contributed by atoms with Gasteiger partial charge in [0.2, 0.25) is 0 Å². The van der Waals surface area contributed by atoms with Gasteiger partial charge in [-0.3, -0.25) is 0 Å². The number of rotatable bonds is 3. The molecule has 2 nitrogen and oxygen atoms in total. The largest absolute Gasteiger partial charge is 0.367 e. The molecule has 1 saturated heterocycles. The van der Waals surface area contributed by atoms with Gasteiger partial charge in [0.05, 0.1) is 10.7 Å². The summed E-state index contributed by atoms with van der Waals surface area (Å²) in [4.78, 5) is 2.40. The number of hydrogen-bond donors (Lipinski definition) is 1. The van der Waals surface area contributed by atoms with Crippen LogP contribution in [0.3, 0.4) is 0 Å². The van der Waals surface area contributed by atoms with Crippen molar-refractivity contribution in [1.29, 1.82) is 0 Å². The first-order valence-corrected chi connectivity index (χ1v) is 7.88. The van der Waals surface area contributed by atoms with Crippen molar-refractivity contribution in [1.82, 2.24) is 5.32 Å². The Hall–Kier alpha value is -1.51. The van der Waals surface area contributed by atoms with Crippen molar-refractivity contribution in [2.45, 2.75) is 19.4 Å². The Morgan fingerprint density at radius 1 is 1.19 bits per heavy atom. The third-order valence-corrected chi connectivity index (χ3v) is 4.34. The Morgan fingerprint density at radius 3 is 2.81 bits per heavy atom. The highest BCUT2D eigenvalue weighted by atomic mass is 35.5. The molecule has 3 heteroatoms. The second-order valence-electron chi connectivity index (χ2n) is 5.74. The number of benzene rings is 2. The van der Waals surface area contributed by atoms with Crippen molar-refractivity contribution in [3.63, 3.8) is 0 Å². The third-order valence-electron chi connectivity index (χ3n) is 4.02. The molecule has 0 bridgehead atoms. The molecule has 2 aromatic carbocycles. The van der Waals surface area contributed by atoms with Crippen LogP contribution in [0.5, 0.6) is 0 Å². The Balaban J connectivity index is 1.72. The van der Waals surface area contributed by atoms with Crippen LogP contribution in [0.4, 0.5) is 5.69 Å².